The number of nitrogens with zero attached hydrogens (tertiary/aromatic N) is 1. The van der Waals surface area contributed by atoms with E-state index in [0.717, 1.165) is 19.3 Å². The van der Waals surface area contributed by atoms with Crippen LogP contribution < -0.4 is 9.47 Å². The van der Waals surface area contributed by atoms with Gasteiger partial charge in [0.05, 0.1) is 25.7 Å². The van der Waals surface area contributed by atoms with Gasteiger partial charge in [0.1, 0.15) is 17.6 Å². The molecule has 0 saturated heterocycles. The number of aliphatic hydroxyl groups excluding tert-OH is 1. The highest BCUT2D eigenvalue weighted by Gasteiger charge is 2.45. The molecule has 0 spiro atoms. The van der Waals surface area contributed by atoms with Crippen LogP contribution in [0.25, 0.3) is 0 Å². The largest absolute Gasteiger partial charge is 0.497 e. The van der Waals surface area contributed by atoms with Gasteiger partial charge >= 0.3 is 0 Å². The van der Waals surface area contributed by atoms with E-state index < -0.39 is 11.5 Å². The van der Waals surface area contributed by atoms with E-state index >= 15 is 0 Å². The van der Waals surface area contributed by atoms with Crippen molar-refractivity contribution in [2.45, 2.75) is 25.4 Å². The molecule has 1 fully saturated rings. The number of benzene rings is 1. The fourth-order valence-corrected chi connectivity index (χ4v) is 2.35. The van der Waals surface area contributed by atoms with Crippen molar-refractivity contribution in [1.82, 2.24) is 0 Å². The van der Waals surface area contributed by atoms with Gasteiger partial charge in [-0.2, -0.15) is 5.26 Å². The molecule has 1 aromatic carbocycles. The number of nitriles is 1. The van der Waals surface area contributed by atoms with Gasteiger partial charge in [0.25, 0.3) is 0 Å². The van der Waals surface area contributed by atoms with Crippen LogP contribution in [0.2, 0.25) is 0 Å². The second-order valence-corrected chi connectivity index (χ2v) is 4.63. The fraction of sp³-hybridized carbons (Fsp3) is 0.500. The van der Waals surface area contributed by atoms with Crippen LogP contribution in [0.1, 0.15) is 30.9 Å². The number of hydrogen-bond donors (Lipinski definition) is 1. The molecule has 1 atom stereocenters. The number of rotatable bonds is 4. The smallest absolute Gasteiger partial charge is 0.128 e. The Morgan fingerprint density at radius 3 is 2.50 bits per heavy atom. The molecular formula is C14H17NO3. The van der Waals surface area contributed by atoms with Crippen LogP contribution in [0.4, 0.5) is 0 Å². The molecule has 4 nitrogen and oxygen atoms in total. The third-order valence-corrected chi connectivity index (χ3v) is 3.73. The number of methoxy groups -OCH3 is 2. The molecule has 1 N–H and O–H groups in total. The molecule has 0 heterocycles. The molecule has 0 aromatic heterocycles. The average Bonchev–Trinajstić information content (AvgIpc) is 2.37. The first kappa shape index (κ1) is 12.7. The molecular weight excluding hydrogens is 230 g/mol. The third kappa shape index (κ3) is 1.91. The maximum absolute atomic E-state index is 10.4. The highest BCUT2D eigenvalue weighted by Crippen LogP contribution is 2.51. The minimum atomic E-state index is -0.808. The van der Waals surface area contributed by atoms with Crippen molar-refractivity contribution < 1.29 is 14.6 Å². The van der Waals surface area contributed by atoms with Gasteiger partial charge < -0.3 is 14.6 Å². The minimum Gasteiger partial charge on any atom is -0.497 e. The number of ether oxygens (including phenoxy) is 2. The van der Waals surface area contributed by atoms with Crippen molar-refractivity contribution in [1.29, 1.82) is 5.26 Å². The summed E-state index contributed by atoms with van der Waals surface area (Å²) in [5, 5.41) is 19.7. The summed E-state index contributed by atoms with van der Waals surface area (Å²) in [6.45, 7) is 0. The molecule has 1 aliphatic carbocycles. The van der Waals surface area contributed by atoms with Crippen LogP contribution in [0.5, 0.6) is 11.5 Å². The van der Waals surface area contributed by atoms with E-state index in [2.05, 4.69) is 6.07 Å². The SMILES string of the molecule is COc1ccc(C(O)C2(C#N)CCC2)c(OC)c1. The monoisotopic (exact) mass is 247 g/mol. The van der Waals surface area contributed by atoms with E-state index in [1.807, 2.05) is 0 Å². The van der Waals surface area contributed by atoms with Crippen molar-refractivity contribution in [2.24, 2.45) is 5.41 Å². The van der Waals surface area contributed by atoms with E-state index in [4.69, 9.17) is 9.47 Å². The highest BCUT2D eigenvalue weighted by molar-refractivity contribution is 5.43. The quantitative estimate of drug-likeness (QED) is 0.887. The minimum absolute atomic E-state index is 0.559. The molecule has 96 valence electrons. The average molecular weight is 247 g/mol. The zero-order valence-corrected chi connectivity index (χ0v) is 10.6. The lowest BCUT2D eigenvalue weighted by atomic mass is 9.64. The van der Waals surface area contributed by atoms with Gasteiger partial charge in [0, 0.05) is 11.6 Å². The normalized spacial score (nSPS) is 18.3. The summed E-state index contributed by atoms with van der Waals surface area (Å²) in [4.78, 5) is 0. The van der Waals surface area contributed by atoms with E-state index in [-0.39, 0.29) is 0 Å². The van der Waals surface area contributed by atoms with Crippen LogP contribution in [0.3, 0.4) is 0 Å². The third-order valence-electron chi connectivity index (χ3n) is 3.73. The maximum Gasteiger partial charge on any atom is 0.128 e. The van der Waals surface area contributed by atoms with Gasteiger partial charge in [-0.1, -0.05) is 6.42 Å². The maximum atomic E-state index is 10.4. The summed E-state index contributed by atoms with van der Waals surface area (Å²) < 4.78 is 10.4. The first-order valence-corrected chi connectivity index (χ1v) is 5.98. The lowest BCUT2D eigenvalue weighted by Crippen LogP contribution is -2.34. The molecule has 0 aliphatic heterocycles. The molecule has 4 heteroatoms. The summed E-state index contributed by atoms with van der Waals surface area (Å²) in [5.74, 6) is 1.23. The zero-order chi connectivity index (χ0) is 13.2. The van der Waals surface area contributed by atoms with Crippen molar-refractivity contribution in [3.8, 4) is 17.6 Å². The Hall–Kier alpha value is -1.73. The Balaban J connectivity index is 2.36. The van der Waals surface area contributed by atoms with Crippen LogP contribution in [0, 0.1) is 16.7 Å². The number of hydrogen-bond acceptors (Lipinski definition) is 4. The summed E-state index contributed by atoms with van der Waals surface area (Å²) in [6.07, 6.45) is 1.65. The Kier molecular flexibility index (Phi) is 3.44. The molecule has 2 rings (SSSR count). The fourth-order valence-electron chi connectivity index (χ4n) is 2.35. The Morgan fingerprint density at radius 2 is 2.06 bits per heavy atom. The van der Waals surface area contributed by atoms with Gasteiger partial charge in [-0.05, 0) is 25.0 Å². The molecule has 1 aliphatic rings. The highest BCUT2D eigenvalue weighted by atomic mass is 16.5. The number of aliphatic hydroxyl groups is 1. The molecule has 1 aromatic rings. The van der Waals surface area contributed by atoms with Gasteiger partial charge in [-0.3, -0.25) is 0 Å². The lowest BCUT2D eigenvalue weighted by Gasteiger charge is -2.39. The summed E-state index contributed by atoms with van der Waals surface area (Å²) in [7, 11) is 3.12. The van der Waals surface area contributed by atoms with Crippen LogP contribution in [0.15, 0.2) is 18.2 Å². The summed E-state index contributed by atoms with van der Waals surface area (Å²) in [6, 6.07) is 7.51. The second-order valence-electron chi connectivity index (χ2n) is 4.63. The van der Waals surface area contributed by atoms with E-state index in [0.29, 0.717) is 17.1 Å². The predicted octanol–water partition coefficient (Wildman–Crippen LogP) is 2.43. The van der Waals surface area contributed by atoms with E-state index in [1.165, 1.54) is 0 Å². The van der Waals surface area contributed by atoms with Crippen LogP contribution in [-0.4, -0.2) is 19.3 Å². The van der Waals surface area contributed by atoms with Gasteiger partial charge in [-0.25, -0.2) is 0 Å². The molecule has 1 unspecified atom stereocenters. The standard InChI is InChI=1S/C14H17NO3/c1-17-10-4-5-11(12(8-10)18-2)13(16)14(9-15)6-3-7-14/h4-5,8,13,16H,3,6-7H2,1-2H3. The molecule has 0 radical (unpaired) electrons. The summed E-state index contributed by atoms with van der Waals surface area (Å²) >= 11 is 0. The molecule has 1 saturated carbocycles. The molecule has 18 heavy (non-hydrogen) atoms. The Morgan fingerprint density at radius 1 is 1.33 bits per heavy atom. The zero-order valence-electron chi connectivity index (χ0n) is 10.6. The van der Waals surface area contributed by atoms with Gasteiger partial charge in [-0.15, -0.1) is 0 Å². The van der Waals surface area contributed by atoms with Crippen molar-refractivity contribution in [3.05, 3.63) is 23.8 Å². The second kappa shape index (κ2) is 4.87. The van der Waals surface area contributed by atoms with Crippen LogP contribution in [-0.2, 0) is 0 Å². The Labute approximate surface area is 107 Å². The first-order valence-electron chi connectivity index (χ1n) is 5.98. The molecule has 0 bridgehead atoms. The van der Waals surface area contributed by atoms with Crippen LogP contribution >= 0.6 is 0 Å². The van der Waals surface area contributed by atoms with Crippen molar-refractivity contribution in [3.63, 3.8) is 0 Å². The van der Waals surface area contributed by atoms with E-state index in [9.17, 15) is 10.4 Å². The first-order chi connectivity index (χ1) is 8.66. The van der Waals surface area contributed by atoms with Crippen molar-refractivity contribution in [2.75, 3.05) is 14.2 Å². The summed E-state index contributed by atoms with van der Waals surface area (Å²) in [5.41, 5.74) is 0.00144. The predicted molar refractivity (Wildman–Crippen MR) is 66.4 cm³/mol. The van der Waals surface area contributed by atoms with E-state index in [1.54, 1.807) is 32.4 Å². The van der Waals surface area contributed by atoms with Gasteiger partial charge in [0.2, 0.25) is 0 Å². The van der Waals surface area contributed by atoms with Gasteiger partial charge in [0.15, 0.2) is 0 Å². The molecule has 0 amide bonds. The Bertz CT molecular complexity index is 474. The van der Waals surface area contributed by atoms with Crippen molar-refractivity contribution >= 4 is 0 Å². The lowest BCUT2D eigenvalue weighted by molar-refractivity contribution is 0.00645. The topological polar surface area (TPSA) is 62.5 Å².